The minimum atomic E-state index is 0.332. The van der Waals surface area contributed by atoms with Crippen LogP contribution in [-0.4, -0.2) is 31.1 Å². The second kappa shape index (κ2) is 8.51. The molecule has 0 aromatic heterocycles. The monoisotopic (exact) mass is 356 g/mol. The first kappa shape index (κ1) is 18.0. The van der Waals surface area contributed by atoms with E-state index in [0.717, 1.165) is 32.6 Å². The topological polar surface area (TPSA) is 15.3 Å². The minimum Gasteiger partial charge on any atom is -0.314 e. The number of rotatable bonds is 5. The number of nitrogens with zero attached hydrogens (tertiary/aromatic N) is 1. The van der Waals surface area contributed by atoms with E-state index in [9.17, 15) is 0 Å². The number of hydrogen-bond acceptors (Lipinski definition) is 2. The molecule has 0 saturated carbocycles. The van der Waals surface area contributed by atoms with Crippen molar-refractivity contribution in [1.29, 1.82) is 0 Å². The zero-order valence-electron chi connectivity index (χ0n) is 16.1. The molecule has 0 amide bonds. The van der Waals surface area contributed by atoms with Gasteiger partial charge >= 0.3 is 0 Å². The maximum atomic E-state index is 3.48. The molecule has 2 nitrogen and oxygen atoms in total. The molecule has 2 heteroatoms. The van der Waals surface area contributed by atoms with Gasteiger partial charge in [-0.1, -0.05) is 78.9 Å². The molecule has 4 rings (SSSR count). The average molecular weight is 357 g/mol. The fraction of sp³-hybridized carbons (Fsp3) is 0.280. The standard InChI is InChI=1S/C25H28N2/c1-20-7-5-6-10-24(20)25(27-17-15-26-16-18-27)23-13-11-22(12-14-23)19-21-8-3-2-4-9-21/h2-14,25-26H,15-19H2,1H3. The van der Waals surface area contributed by atoms with E-state index in [1.54, 1.807) is 0 Å². The van der Waals surface area contributed by atoms with Crippen LogP contribution < -0.4 is 5.32 Å². The van der Waals surface area contributed by atoms with Gasteiger partial charge in [0.25, 0.3) is 0 Å². The smallest absolute Gasteiger partial charge is 0.0605 e. The normalized spacial score (nSPS) is 16.2. The fourth-order valence-corrected chi connectivity index (χ4v) is 4.07. The van der Waals surface area contributed by atoms with Gasteiger partial charge in [-0.2, -0.15) is 0 Å². The maximum Gasteiger partial charge on any atom is 0.0605 e. The van der Waals surface area contributed by atoms with Crippen molar-refractivity contribution >= 4 is 0 Å². The third kappa shape index (κ3) is 4.29. The molecule has 1 heterocycles. The van der Waals surface area contributed by atoms with Crippen molar-refractivity contribution in [3.05, 3.63) is 107 Å². The number of nitrogens with one attached hydrogen (secondary N) is 1. The first-order valence-electron chi connectivity index (χ1n) is 9.94. The molecule has 1 aliphatic heterocycles. The lowest BCUT2D eigenvalue weighted by molar-refractivity contribution is 0.198. The van der Waals surface area contributed by atoms with Gasteiger partial charge in [0.1, 0.15) is 0 Å². The Morgan fingerprint density at radius 1 is 0.778 bits per heavy atom. The van der Waals surface area contributed by atoms with Crippen molar-refractivity contribution in [3.8, 4) is 0 Å². The highest BCUT2D eigenvalue weighted by atomic mass is 15.2. The molecule has 1 N–H and O–H groups in total. The highest BCUT2D eigenvalue weighted by molar-refractivity contribution is 5.39. The molecule has 0 radical (unpaired) electrons. The number of benzene rings is 3. The second-order valence-electron chi connectivity index (χ2n) is 7.45. The van der Waals surface area contributed by atoms with Gasteiger partial charge in [-0.3, -0.25) is 4.90 Å². The van der Waals surface area contributed by atoms with Gasteiger partial charge < -0.3 is 5.32 Å². The number of piperazine rings is 1. The van der Waals surface area contributed by atoms with Crippen LogP contribution in [0, 0.1) is 6.92 Å². The molecule has 0 bridgehead atoms. The maximum absolute atomic E-state index is 3.48. The lowest BCUT2D eigenvalue weighted by Crippen LogP contribution is -2.45. The summed E-state index contributed by atoms with van der Waals surface area (Å²) in [6.07, 6.45) is 0.990. The van der Waals surface area contributed by atoms with E-state index < -0.39 is 0 Å². The first-order valence-corrected chi connectivity index (χ1v) is 9.94. The molecule has 0 aliphatic carbocycles. The zero-order valence-corrected chi connectivity index (χ0v) is 16.1. The molecule has 1 fully saturated rings. The number of hydrogen-bond donors (Lipinski definition) is 1. The van der Waals surface area contributed by atoms with Crippen LogP contribution >= 0.6 is 0 Å². The Morgan fingerprint density at radius 3 is 2.11 bits per heavy atom. The Kier molecular flexibility index (Phi) is 5.66. The zero-order chi connectivity index (χ0) is 18.5. The Bertz CT molecular complexity index is 849. The average Bonchev–Trinajstić information content (AvgIpc) is 2.72. The van der Waals surface area contributed by atoms with Crippen molar-refractivity contribution in [2.45, 2.75) is 19.4 Å². The molecule has 3 aromatic carbocycles. The minimum absolute atomic E-state index is 0.332. The summed E-state index contributed by atoms with van der Waals surface area (Å²) in [5.74, 6) is 0. The highest BCUT2D eigenvalue weighted by Gasteiger charge is 2.24. The molecule has 1 atom stereocenters. The molecule has 1 saturated heterocycles. The van der Waals surface area contributed by atoms with E-state index >= 15 is 0 Å². The third-order valence-corrected chi connectivity index (χ3v) is 5.55. The summed E-state index contributed by atoms with van der Waals surface area (Å²) in [7, 11) is 0. The van der Waals surface area contributed by atoms with Crippen LogP contribution in [-0.2, 0) is 6.42 Å². The summed E-state index contributed by atoms with van der Waals surface area (Å²) in [4.78, 5) is 2.62. The first-order chi connectivity index (χ1) is 13.3. The molecule has 0 spiro atoms. The molecule has 138 valence electrons. The summed E-state index contributed by atoms with van der Waals surface area (Å²) in [5.41, 5.74) is 6.92. The predicted molar refractivity (Wildman–Crippen MR) is 113 cm³/mol. The van der Waals surface area contributed by atoms with Crippen molar-refractivity contribution in [1.82, 2.24) is 10.2 Å². The SMILES string of the molecule is Cc1ccccc1C(c1ccc(Cc2ccccc2)cc1)N1CCNCC1. The van der Waals surface area contributed by atoms with E-state index in [-0.39, 0.29) is 0 Å². The third-order valence-electron chi connectivity index (χ3n) is 5.55. The highest BCUT2D eigenvalue weighted by Crippen LogP contribution is 2.31. The largest absolute Gasteiger partial charge is 0.314 e. The van der Waals surface area contributed by atoms with Crippen LogP contribution in [0.25, 0.3) is 0 Å². The van der Waals surface area contributed by atoms with E-state index in [0.29, 0.717) is 6.04 Å². The Balaban J connectivity index is 1.62. The van der Waals surface area contributed by atoms with Gasteiger partial charge in [0.05, 0.1) is 6.04 Å². The Labute approximate surface area is 162 Å². The van der Waals surface area contributed by atoms with Crippen molar-refractivity contribution in [2.24, 2.45) is 0 Å². The summed E-state index contributed by atoms with van der Waals surface area (Å²) in [5, 5.41) is 3.48. The van der Waals surface area contributed by atoms with Gasteiger partial charge in [-0.05, 0) is 41.2 Å². The van der Waals surface area contributed by atoms with Crippen molar-refractivity contribution in [3.63, 3.8) is 0 Å². The summed E-state index contributed by atoms with van der Waals surface area (Å²) in [6, 6.07) is 29.1. The van der Waals surface area contributed by atoms with Gasteiger partial charge in [0.15, 0.2) is 0 Å². The molecule has 27 heavy (non-hydrogen) atoms. The van der Waals surface area contributed by atoms with E-state index in [1.807, 2.05) is 0 Å². The van der Waals surface area contributed by atoms with Gasteiger partial charge in [-0.15, -0.1) is 0 Å². The summed E-state index contributed by atoms with van der Waals surface area (Å²) < 4.78 is 0. The van der Waals surface area contributed by atoms with Gasteiger partial charge in [-0.25, -0.2) is 0 Å². The van der Waals surface area contributed by atoms with Crippen molar-refractivity contribution < 1.29 is 0 Å². The molecular formula is C25H28N2. The Morgan fingerprint density at radius 2 is 1.41 bits per heavy atom. The van der Waals surface area contributed by atoms with Crippen LogP contribution in [0.15, 0.2) is 78.9 Å². The molecular weight excluding hydrogens is 328 g/mol. The lowest BCUT2D eigenvalue weighted by atomic mass is 9.92. The van der Waals surface area contributed by atoms with E-state index in [2.05, 4.69) is 96.0 Å². The summed E-state index contributed by atoms with van der Waals surface area (Å²) in [6.45, 7) is 6.53. The Hall–Kier alpha value is -2.42. The quantitative estimate of drug-likeness (QED) is 0.720. The number of aryl methyl sites for hydroxylation is 1. The van der Waals surface area contributed by atoms with Crippen LogP contribution in [0.2, 0.25) is 0 Å². The molecule has 3 aromatic rings. The van der Waals surface area contributed by atoms with Gasteiger partial charge in [0.2, 0.25) is 0 Å². The molecule has 1 aliphatic rings. The summed E-state index contributed by atoms with van der Waals surface area (Å²) >= 11 is 0. The fourth-order valence-electron chi connectivity index (χ4n) is 4.07. The van der Waals surface area contributed by atoms with Crippen LogP contribution in [0.3, 0.4) is 0 Å². The van der Waals surface area contributed by atoms with E-state index in [1.165, 1.54) is 27.8 Å². The van der Waals surface area contributed by atoms with Crippen LogP contribution in [0.5, 0.6) is 0 Å². The van der Waals surface area contributed by atoms with Gasteiger partial charge in [0, 0.05) is 26.2 Å². The van der Waals surface area contributed by atoms with Crippen molar-refractivity contribution in [2.75, 3.05) is 26.2 Å². The van der Waals surface area contributed by atoms with E-state index in [4.69, 9.17) is 0 Å². The lowest BCUT2D eigenvalue weighted by Gasteiger charge is -2.36. The molecule has 1 unspecified atom stereocenters. The van der Waals surface area contributed by atoms with Crippen LogP contribution in [0.1, 0.15) is 33.9 Å². The predicted octanol–water partition coefficient (Wildman–Crippen LogP) is 4.58. The second-order valence-corrected chi connectivity index (χ2v) is 7.45. The van der Waals surface area contributed by atoms with Crippen LogP contribution in [0.4, 0.5) is 0 Å².